The van der Waals surface area contributed by atoms with Crippen molar-refractivity contribution in [3.05, 3.63) is 59.7 Å². The van der Waals surface area contributed by atoms with E-state index in [4.69, 9.17) is 4.74 Å². The molecular formula is C19H24F2IN3O2. The smallest absolute Gasteiger partial charge is 0.191 e. The number of guanidine groups is 1. The Morgan fingerprint density at radius 1 is 1.19 bits per heavy atom. The lowest BCUT2D eigenvalue weighted by atomic mass is 10.2. The predicted octanol–water partition coefficient (Wildman–Crippen LogP) is 3.81. The highest BCUT2D eigenvalue weighted by molar-refractivity contribution is 14.0. The third kappa shape index (κ3) is 7.98. The average molecular weight is 491 g/mol. The van der Waals surface area contributed by atoms with Gasteiger partial charge < -0.3 is 20.5 Å². The number of rotatable bonds is 7. The number of phenols is 1. The van der Waals surface area contributed by atoms with Gasteiger partial charge in [0.15, 0.2) is 17.5 Å². The van der Waals surface area contributed by atoms with Gasteiger partial charge in [-0.25, -0.2) is 13.8 Å². The van der Waals surface area contributed by atoms with Gasteiger partial charge in [0, 0.05) is 12.6 Å². The molecule has 0 aliphatic carbocycles. The fraction of sp³-hybridized carbons (Fsp3) is 0.316. The summed E-state index contributed by atoms with van der Waals surface area (Å²) >= 11 is 0. The average Bonchev–Trinajstić information content (AvgIpc) is 2.60. The highest BCUT2D eigenvalue weighted by Crippen LogP contribution is 2.16. The summed E-state index contributed by atoms with van der Waals surface area (Å²) in [6.45, 7) is 5.16. The molecule has 0 fully saturated rings. The van der Waals surface area contributed by atoms with Gasteiger partial charge in [0.2, 0.25) is 0 Å². The van der Waals surface area contributed by atoms with Crippen molar-refractivity contribution in [3.8, 4) is 11.5 Å². The summed E-state index contributed by atoms with van der Waals surface area (Å²) in [6, 6.07) is 10.1. The van der Waals surface area contributed by atoms with Gasteiger partial charge in [0.05, 0.1) is 13.1 Å². The molecule has 8 heteroatoms. The van der Waals surface area contributed by atoms with Gasteiger partial charge in [-0.15, -0.1) is 24.0 Å². The topological polar surface area (TPSA) is 65.9 Å². The van der Waals surface area contributed by atoms with Crippen molar-refractivity contribution < 1.29 is 18.6 Å². The van der Waals surface area contributed by atoms with E-state index in [2.05, 4.69) is 15.6 Å². The molecule has 148 valence electrons. The van der Waals surface area contributed by atoms with Crippen molar-refractivity contribution in [3.63, 3.8) is 0 Å². The first-order chi connectivity index (χ1) is 12.5. The molecule has 2 aromatic rings. The molecule has 0 radical (unpaired) electrons. The Balaban J connectivity index is 0.00000364. The molecule has 0 aliphatic rings. The molecule has 0 spiro atoms. The molecule has 0 amide bonds. The first-order valence-corrected chi connectivity index (χ1v) is 8.39. The van der Waals surface area contributed by atoms with Crippen LogP contribution in [0, 0.1) is 11.6 Å². The van der Waals surface area contributed by atoms with Crippen LogP contribution in [0.25, 0.3) is 0 Å². The molecule has 2 aromatic carbocycles. The predicted molar refractivity (Wildman–Crippen MR) is 113 cm³/mol. The van der Waals surface area contributed by atoms with Crippen molar-refractivity contribution in [2.45, 2.75) is 26.5 Å². The SMILES string of the molecule is CCNC(=NCc1ccc(O)c(F)c1)NCC(C)Oc1cccc(F)c1.I. The molecule has 0 bridgehead atoms. The minimum absolute atomic E-state index is 0. The van der Waals surface area contributed by atoms with Crippen LogP contribution in [0.5, 0.6) is 11.5 Å². The van der Waals surface area contributed by atoms with E-state index in [0.717, 1.165) is 0 Å². The maximum atomic E-state index is 13.4. The fourth-order valence-corrected chi connectivity index (χ4v) is 2.22. The van der Waals surface area contributed by atoms with Crippen molar-refractivity contribution in [1.82, 2.24) is 10.6 Å². The van der Waals surface area contributed by atoms with Crippen LogP contribution in [0.4, 0.5) is 8.78 Å². The number of nitrogens with one attached hydrogen (secondary N) is 2. The van der Waals surface area contributed by atoms with Crippen LogP contribution in [-0.2, 0) is 6.54 Å². The summed E-state index contributed by atoms with van der Waals surface area (Å²) in [4.78, 5) is 4.38. The maximum Gasteiger partial charge on any atom is 0.191 e. The number of benzene rings is 2. The number of ether oxygens (including phenoxy) is 1. The zero-order valence-electron chi connectivity index (χ0n) is 15.2. The largest absolute Gasteiger partial charge is 0.505 e. The second kappa shape index (κ2) is 11.6. The van der Waals surface area contributed by atoms with Crippen molar-refractivity contribution in [2.75, 3.05) is 13.1 Å². The summed E-state index contributed by atoms with van der Waals surface area (Å²) in [5.74, 6) is -0.394. The van der Waals surface area contributed by atoms with E-state index >= 15 is 0 Å². The highest BCUT2D eigenvalue weighted by atomic mass is 127. The summed E-state index contributed by atoms with van der Waals surface area (Å²) in [6.07, 6.45) is -0.216. The first kappa shape index (κ1) is 22.9. The van der Waals surface area contributed by atoms with Crippen LogP contribution in [0.2, 0.25) is 0 Å². The molecular weight excluding hydrogens is 467 g/mol. The van der Waals surface area contributed by atoms with Gasteiger partial charge in [0.1, 0.15) is 17.7 Å². The highest BCUT2D eigenvalue weighted by Gasteiger charge is 2.07. The number of halogens is 3. The van der Waals surface area contributed by atoms with E-state index in [9.17, 15) is 13.9 Å². The Labute approximate surface area is 174 Å². The van der Waals surface area contributed by atoms with Crippen LogP contribution >= 0.6 is 24.0 Å². The number of aromatic hydroxyl groups is 1. The molecule has 0 saturated carbocycles. The molecule has 2 rings (SSSR count). The van der Waals surface area contributed by atoms with E-state index in [1.807, 2.05) is 13.8 Å². The summed E-state index contributed by atoms with van der Waals surface area (Å²) in [7, 11) is 0. The van der Waals surface area contributed by atoms with E-state index in [1.54, 1.807) is 18.2 Å². The molecule has 3 N–H and O–H groups in total. The number of aliphatic imine (C=N–C) groups is 1. The number of nitrogens with zero attached hydrogens (tertiary/aromatic N) is 1. The van der Waals surface area contributed by atoms with Crippen LogP contribution < -0.4 is 15.4 Å². The first-order valence-electron chi connectivity index (χ1n) is 8.39. The quantitative estimate of drug-likeness (QED) is 0.313. The second-order valence-electron chi connectivity index (χ2n) is 5.75. The van der Waals surface area contributed by atoms with E-state index in [1.165, 1.54) is 24.3 Å². The number of hydrogen-bond donors (Lipinski definition) is 3. The monoisotopic (exact) mass is 491 g/mol. The molecule has 27 heavy (non-hydrogen) atoms. The lowest BCUT2D eigenvalue weighted by Gasteiger charge is -2.17. The molecule has 0 heterocycles. The molecule has 1 atom stereocenters. The van der Waals surface area contributed by atoms with Crippen LogP contribution in [-0.4, -0.2) is 30.3 Å². The Kier molecular flexibility index (Phi) is 9.84. The normalized spacial score (nSPS) is 12.1. The van der Waals surface area contributed by atoms with Crippen molar-refractivity contribution in [2.24, 2.45) is 4.99 Å². The maximum absolute atomic E-state index is 13.4. The summed E-state index contributed by atoms with van der Waals surface area (Å²) < 4.78 is 32.2. The molecule has 0 aliphatic heterocycles. The van der Waals surface area contributed by atoms with Gasteiger partial charge in [0.25, 0.3) is 0 Å². The fourth-order valence-electron chi connectivity index (χ4n) is 2.22. The Bertz CT molecular complexity index is 759. The summed E-state index contributed by atoms with van der Waals surface area (Å²) in [5, 5.41) is 15.4. The Morgan fingerprint density at radius 3 is 2.63 bits per heavy atom. The standard InChI is InChI=1S/C19H23F2N3O2.HI/c1-3-22-19(24-12-14-7-8-18(25)17(21)9-14)23-11-13(2)26-16-6-4-5-15(20)10-16;/h4-10,13,25H,3,11-12H2,1-2H3,(H2,22,23,24);1H. The Morgan fingerprint density at radius 2 is 1.96 bits per heavy atom. The third-order valence-electron chi connectivity index (χ3n) is 3.47. The van der Waals surface area contributed by atoms with Gasteiger partial charge in [-0.3, -0.25) is 0 Å². The minimum atomic E-state index is -0.673. The Hall–Kier alpha value is -2.10. The zero-order chi connectivity index (χ0) is 18.9. The minimum Gasteiger partial charge on any atom is -0.505 e. The second-order valence-corrected chi connectivity index (χ2v) is 5.75. The molecule has 0 aromatic heterocycles. The van der Waals surface area contributed by atoms with Gasteiger partial charge >= 0.3 is 0 Å². The zero-order valence-corrected chi connectivity index (χ0v) is 17.5. The lowest BCUT2D eigenvalue weighted by molar-refractivity contribution is 0.223. The van der Waals surface area contributed by atoms with Crippen LogP contribution in [0.1, 0.15) is 19.4 Å². The summed E-state index contributed by atoms with van der Waals surface area (Å²) in [5.41, 5.74) is 0.640. The van der Waals surface area contributed by atoms with Gasteiger partial charge in [-0.2, -0.15) is 0 Å². The van der Waals surface area contributed by atoms with E-state index < -0.39 is 5.82 Å². The van der Waals surface area contributed by atoms with Gasteiger partial charge in [-0.1, -0.05) is 12.1 Å². The van der Waals surface area contributed by atoms with E-state index in [0.29, 0.717) is 30.4 Å². The number of phenolic OH excluding ortho intramolecular Hbond substituents is 1. The van der Waals surface area contributed by atoms with Crippen molar-refractivity contribution >= 4 is 29.9 Å². The molecule has 5 nitrogen and oxygen atoms in total. The van der Waals surface area contributed by atoms with E-state index in [-0.39, 0.29) is 48.2 Å². The molecule has 1 unspecified atom stereocenters. The third-order valence-corrected chi connectivity index (χ3v) is 3.47. The molecule has 0 saturated heterocycles. The lowest BCUT2D eigenvalue weighted by Crippen LogP contribution is -2.41. The van der Waals surface area contributed by atoms with Crippen LogP contribution in [0.3, 0.4) is 0 Å². The van der Waals surface area contributed by atoms with Crippen LogP contribution in [0.15, 0.2) is 47.5 Å². The number of hydrogen-bond acceptors (Lipinski definition) is 3. The van der Waals surface area contributed by atoms with Crippen molar-refractivity contribution in [1.29, 1.82) is 0 Å². The van der Waals surface area contributed by atoms with Gasteiger partial charge in [-0.05, 0) is 43.7 Å².